The Morgan fingerprint density at radius 2 is 2.16 bits per heavy atom. The van der Waals surface area contributed by atoms with Gasteiger partial charge in [0.25, 0.3) is 0 Å². The molecule has 1 saturated heterocycles. The summed E-state index contributed by atoms with van der Waals surface area (Å²) < 4.78 is 28.0. The number of aryl methyl sites for hydroxylation is 1. The number of nitrogens with zero attached hydrogens (tertiary/aromatic N) is 3. The van der Waals surface area contributed by atoms with Gasteiger partial charge < -0.3 is 5.32 Å². The van der Waals surface area contributed by atoms with Crippen LogP contribution >= 0.6 is 0 Å². The van der Waals surface area contributed by atoms with Crippen LogP contribution in [0.4, 0.5) is 0 Å². The van der Waals surface area contributed by atoms with Crippen molar-refractivity contribution < 1.29 is 8.42 Å². The van der Waals surface area contributed by atoms with E-state index in [2.05, 4.69) is 20.0 Å². The van der Waals surface area contributed by atoms with E-state index in [0.717, 1.165) is 31.7 Å². The van der Waals surface area contributed by atoms with Gasteiger partial charge in [-0.25, -0.2) is 13.1 Å². The molecule has 1 aromatic heterocycles. The average Bonchev–Trinajstić information content (AvgIpc) is 2.82. The van der Waals surface area contributed by atoms with Crippen molar-refractivity contribution in [3.05, 3.63) is 18.0 Å². The number of rotatable bonds is 6. The number of aromatic nitrogens is 2. The molecule has 8 heteroatoms. The fourth-order valence-electron chi connectivity index (χ4n) is 2.01. The van der Waals surface area contributed by atoms with Crippen LogP contribution in [0.1, 0.15) is 5.56 Å². The second-order valence-corrected chi connectivity index (χ2v) is 6.68. The summed E-state index contributed by atoms with van der Waals surface area (Å²) >= 11 is 0. The quantitative estimate of drug-likeness (QED) is 0.683. The van der Waals surface area contributed by atoms with E-state index in [1.807, 2.05) is 7.05 Å². The fraction of sp³-hybridized carbons (Fsp3) is 0.727. The molecule has 1 fully saturated rings. The zero-order valence-electron chi connectivity index (χ0n) is 11.2. The van der Waals surface area contributed by atoms with Crippen molar-refractivity contribution in [3.63, 3.8) is 0 Å². The Labute approximate surface area is 114 Å². The third-order valence-electron chi connectivity index (χ3n) is 3.14. The molecule has 0 radical (unpaired) electrons. The minimum atomic E-state index is -3.22. The number of piperazine rings is 1. The minimum Gasteiger partial charge on any atom is -0.314 e. The van der Waals surface area contributed by atoms with Crippen LogP contribution in [0.15, 0.2) is 12.4 Å². The molecule has 7 nitrogen and oxygen atoms in total. The molecule has 0 aliphatic carbocycles. The zero-order valence-corrected chi connectivity index (χ0v) is 12.0. The van der Waals surface area contributed by atoms with E-state index in [-0.39, 0.29) is 5.75 Å². The Balaban J connectivity index is 1.75. The van der Waals surface area contributed by atoms with Gasteiger partial charge in [0.15, 0.2) is 0 Å². The molecule has 0 spiro atoms. The van der Waals surface area contributed by atoms with Gasteiger partial charge in [-0.2, -0.15) is 5.10 Å². The van der Waals surface area contributed by atoms with Crippen molar-refractivity contribution in [2.24, 2.45) is 7.05 Å². The first kappa shape index (κ1) is 14.4. The summed E-state index contributed by atoms with van der Waals surface area (Å²) in [5.41, 5.74) is 0.869. The number of nitrogens with one attached hydrogen (secondary N) is 2. The summed E-state index contributed by atoms with van der Waals surface area (Å²) in [6.07, 6.45) is 3.47. The lowest BCUT2D eigenvalue weighted by atomic mass is 10.4. The van der Waals surface area contributed by atoms with Crippen LogP contribution in [-0.4, -0.2) is 61.6 Å². The Kier molecular flexibility index (Phi) is 4.92. The second kappa shape index (κ2) is 6.47. The highest BCUT2D eigenvalue weighted by Crippen LogP contribution is 1.98. The van der Waals surface area contributed by atoms with E-state index in [1.54, 1.807) is 17.1 Å². The first-order valence-corrected chi connectivity index (χ1v) is 8.08. The van der Waals surface area contributed by atoms with Crippen molar-refractivity contribution in [2.45, 2.75) is 6.54 Å². The lowest BCUT2D eigenvalue weighted by Gasteiger charge is -2.26. The summed E-state index contributed by atoms with van der Waals surface area (Å²) in [6.45, 7) is 4.59. The molecule has 0 atom stereocenters. The third-order valence-corrected chi connectivity index (χ3v) is 4.44. The maximum absolute atomic E-state index is 11.9. The van der Waals surface area contributed by atoms with Gasteiger partial charge in [-0.15, -0.1) is 0 Å². The highest BCUT2D eigenvalue weighted by molar-refractivity contribution is 7.89. The molecule has 2 heterocycles. The van der Waals surface area contributed by atoms with Crippen LogP contribution in [-0.2, 0) is 23.6 Å². The van der Waals surface area contributed by atoms with Crippen molar-refractivity contribution in [1.29, 1.82) is 0 Å². The van der Waals surface area contributed by atoms with Gasteiger partial charge in [0.2, 0.25) is 10.0 Å². The van der Waals surface area contributed by atoms with Crippen LogP contribution in [0, 0.1) is 0 Å². The van der Waals surface area contributed by atoms with Gasteiger partial charge in [0.05, 0.1) is 11.9 Å². The smallest absolute Gasteiger partial charge is 0.213 e. The lowest BCUT2D eigenvalue weighted by molar-refractivity contribution is 0.253. The number of hydrogen-bond donors (Lipinski definition) is 2. The third kappa shape index (κ3) is 4.90. The summed E-state index contributed by atoms with van der Waals surface area (Å²) in [4.78, 5) is 2.17. The SMILES string of the molecule is Cn1cc(CNS(=O)(=O)CCN2CCNCC2)cn1. The Hall–Kier alpha value is -0.960. The highest BCUT2D eigenvalue weighted by atomic mass is 32.2. The molecule has 2 rings (SSSR count). The highest BCUT2D eigenvalue weighted by Gasteiger charge is 2.15. The van der Waals surface area contributed by atoms with Crippen LogP contribution in [0.25, 0.3) is 0 Å². The summed E-state index contributed by atoms with van der Waals surface area (Å²) in [5, 5.41) is 7.25. The minimum absolute atomic E-state index is 0.146. The molecular formula is C11H21N5O2S. The number of sulfonamides is 1. The molecule has 1 aromatic rings. The fourth-order valence-corrected chi connectivity index (χ4v) is 3.04. The van der Waals surface area contributed by atoms with Gasteiger partial charge in [-0.1, -0.05) is 0 Å². The van der Waals surface area contributed by atoms with E-state index >= 15 is 0 Å². The standard InChI is InChI=1S/C11H21N5O2S/c1-15-10-11(8-13-15)9-14-19(17,18)7-6-16-4-2-12-3-5-16/h8,10,12,14H,2-7,9H2,1H3. The van der Waals surface area contributed by atoms with Crippen LogP contribution in [0.3, 0.4) is 0 Å². The Bertz CT molecular complexity index is 493. The van der Waals surface area contributed by atoms with Crippen LogP contribution in [0.5, 0.6) is 0 Å². The predicted molar refractivity (Wildman–Crippen MR) is 73.1 cm³/mol. The second-order valence-electron chi connectivity index (χ2n) is 4.75. The van der Waals surface area contributed by atoms with E-state index in [9.17, 15) is 8.42 Å². The molecule has 1 aliphatic heterocycles. The van der Waals surface area contributed by atoms with Crippen molar-refractivity contribution in [1.82, 2.24) is 24.7 Å². The number of hydrogen-bond acceptors (Lipinski definition) is 5. The largest absolute Gasteiger partial charge is 0.314 e. The molecule has 108 valence electrons. The molecule has 0 saturated carbocycles. The first-order chi connectivity index (χ1) is 9.05. The molecule has 0 aromatic carbocycles. The van der Waals surface area contributed by atoms with E-state index < -0.39 is 10.0 Å². The molecule has 0 bridgehead atoms. The maximum atomic E-state index is 11.9. The van der Waals surface area contributed by atoms with Crippen molar-refractivity contribution in [3.8, 4) is 0 Å². The predicted octanol–water partition coefficient (Wildman–Crippen LogP) is -1.26. The Morgan fingerprint density at radius 3 is 2.79 bits per heavy atom. The monoisotopic (exact) mass is 287 g/mol. The molecule has 1 aliphatic rings. The van der Waals surface area contributed by atoms with Gasteiger partial charge in [0.1, 0.15) is 0 Å². The van der Waals surface area contributed by atoms with Gasteiger partial charge in [-0.05, 0) is 0 Å². The molecule has 0 unspecified atom stereocenters. The van der Waals surface area contributed by atoms with Gasteiger partial charge >= 0.3 is 0 Å². The van der Waals surface area contributed by atoms with Gasteiger partial charge in [0, 0.05) is 58.1 Å². The average molecular weight is 287 g/mol. The van der Waals surface area contributed by atoms with Crippen molar-refractivity contribution >= 4 is 10.0 Å². The van der Waals surface area contributed by atoms with Crippen LogP contribution in [0.2, 0.25) is 0 Å². The zero-order chi connectivity index (χ0) is 13.7. The maximum Gasteiger partial charge on any atom is 0.213 e. The van der Waals surface area contributed by atoms with Crippen LogP contribution < -0.4 is 10.0 Å². The summed E-state index contributed by atoms with van der Waals surface area (Å²) in [5.74, 6) is 0.146. The molecule has 19 heavy (non-hydrogen) atoms. The summed E-state index contributed by atoms with van der Waals surface area (Å²) in [7, 11) is -1.41. The topological polar surface area (TPSA) is 79.3 Å². The van der Waals surface area contributed by atoms with Gasteiger partial charge in [-0.3, -0.25) is 9.58 Å². The molecule has 0 amide bonds. The van der Waals surface area contributed by atoms with E-state index in [1.165, 1.54) is 0 Å². The normalized spacial score (nSPS) is 17.7. The molecule has 2 N–H and O–H groups in total. The van der Waals surface area contributed by atoms with E-state index in [0.29, 0.717) is 13.1 Å². The lowest BCUT2D eigenvalue weighted by Crippen LogP contribution is -2.45. The summed E-state index contributed by atoms with van der Waals surface area (Å²) in [6, 6.07) is 0. The molecular weight excluding hydrogens is 266 g/mol. The first-order valence-electron chi connectivity index (χ1n) is 6.43. The van der Waals surface area contributed by atoms with Crippen molar-refractivity contribution in [2.75, 3.05) is 38.5 Å². The van der Waals surface area contributed by atoms with E-state index in [4.69, 9.17) is 0 Å². The Morgan fingerprint density at radius 1 is 1.42 bits per heavy atom.